The largest absolute Gasteiger partial charge is 0.375 e. The van der Waals surface area contributed by atoms with Crippen molar-refractivity contribution in [2.24, 2.45) is 4.99 Å². The number of aromatic nitrogens is 1. The standard InChI is InChI=1S/C18H23ClN4O.HI/c1-20-18(21-10-9-15-7-8-17(19)23-13-15)22-11-12-24-14-16-5-3-2-4-6-16;/h2-8,13H,9-12,14H2,1H3,(H2,20,21,22);1H. The summed E-state index contributed by atoms with van der Waals surface area (Å²) in [4.78, 5) is 8.26. The van der Waals surface area contributed by atoms with Crippen molar-refractivity contribution in [3.05, 3.63) is 64.9 Å². The molecule has 5 nitrogen and oxygen atoms in total. The van der Waals surface area contributed by atoms with Gasteiger partial charge in [0.05, 0.1) is 13.2 Å². The number of halogens is 2. The monoisotopic (exact) mass is 474 g/mol. The maximum atomic E-state index is 5.77. The molecular formula is C18H24ClIN4O. The Kier molecular flexibility index (Phi) is 11.2. The highest BCUT2D eigenvalue weighted by molar-refractivity contribution is 14.0. The van der Waals surface area contributed by atoms with Gasteiger partial charge in [-0.05, 0) is 23.6 Å². The van der Waals surface area contributed by atoms with Crippen molar-refractivity contribution in [1.82, 2.24) is 15.6 Å². The summed E-state index contributed by atoms with van der Waals surface area (Å²) >= 11 is 5.77. The molecule has 2 N–H and O–H groups in total. The molecule has 25 heavy (non-hydrogen) atoms. The van der Waals surface area contributed by atoms with Gasteiger partial charge in [0.25, 0.3) is 0 Å². The van der Waals surface area contributed by atoms with E-state index < -0.39 is 0 Å². The van der Waals surface area contributed by atoms with Gasteiger partial charge in [0.2, 0.25) is 0 Å². The summed E-state index contributed by atoms with van der Waals surface area (Å²) in [6.45, 7) is 2.72. The van der Waals surface area contributed by atoms with Gasteiger partial charge in [0.1, 0.15) is 5.15 Å². The third kappa shape index (κ3) is 9.04. The predicted octanol–water partition coefficient (Wildman–Crippen LogP) is 3.28. The smallest absolute Gasteiger partial charge is 0.191 e. The quantitative estimate of drug-likeness (QED) is 0.203. The van der Waals surface area contributed by atoms with Gasteiger partial charge in [0.15, 0.2) is 5.96 Å². The van der Waals surface area contributed by atoms with Crippen LogP contribution in [0.25, 0.3) is 0 Å². The molecule has 0 aliphatic heterocycles. The van der Waals surface area contributed by atoms with Gasteiger partial charge in [-0.1, -0.05) is 48.0 Å². The molecule has 0 spiro atoms. The van der Waals surface area contributed by atoms with E-state index in [0.717, 1.165) is 24.5 Å². The second-order valence-electron chi connectivity index (χ2n) is 5.20. The number of rotatable bonds is 8. The predicted molar refractivity (Wildman–Crippen MR) is 114 cm³/mol. The van der Waals surface area contributed by atoms with Gasteiger partial charge < -0.3 is 15.4 Å². The SMILES string of the molecule is CN=C(NCCOCc1ccccc1)NCCc1ccc(Cl)nc1.I. The van der Waals surface area contributed by atoms with Crippen LogP contribution >= 0.6 is 35.6 Å². The van der Waals surface area contributed by atoms with E-state index in [1.165, 1.54) is 5.56 Å². The first-order valence-corrected chi connectivity index (χ1v) is 8.32. The van der Waals surface area contributed by atoms with E-state index in [1.54, 1.807) is 19.3 Å². The molecule has 0 amide bonds. The Balaban J connectivity index is 0.00000312. The van der Waals surface area contributed by atoms with E-state index in [-0.39, 0.29) is 24.0 Å². The van der Waals surface area contributed by atoms with Gasteiger partial charge in [-0.25, -0.2) is 4.98 Å². The summed E-state index contributed by atoms with van der Waals surface area (Å²) in [7, 11) is 1.75. The van der Waals surface area contributed by atoms with Crippen molar-refractivity contribution in [2.45, 2.75) is 13.0 Å². The molecule has 1 aromatic heterocycles. The van der Waals surface area contributed by atoms with Gasteiger partial charge >= 0.3 is 0 Å². The van der Waals surface area contributed by atoms with Crippen molar-refractivity contribution < 1.29 is 4.74 Å². The fourth-order valence-electron chi connectivity index (χ4n) is 2.11. The first-order chi connectivity index (χ1) is 11.8. The zero-order valence-corrected chi connectivity index (χ0v) is 17.3. The molecule has 0 fully saturated rings. The third-order valence-corrected chi connectivity index (χ3v) is 3.59. The third-order valence-electron chi connectivity index (χ3n) is 3.37. The van der Waals surface area contributed by atoms with Crippen molar-refractivity contribution in [3.63, 3.8) is 0 Å². The number of benzene rings is 1. The minimum atomic E-state index is 0. The molecule has 1 heterocycles. The molecule has 0 radical (unpaired) electrons. The number of nitrogens with one attached hydrogen (secondary N) is 2. The topological polar surface area (TPSA) is 58.5 Å². The average Bonchev–Trinajstić information content (AvgIpc) is 2.62. The molecule has 0 atom stereocenters. The summed E-state index contributed by atoms with van der Waals surface area (Å²) in [5, 5.41) is 7.01. The van der Waals surface area contributed by atoms with Crippen LogP contribution in [0.4, 0.5) is 0 Å². The average molecular weight is 475 g/mol. The van der Waals surface area contributed by atoms with E-state index in [0.29, 0.717) is 24.9 Å². The van der Waals surface area contributed by atoms with Crippen molar-refractivity contribution >= 4 is 41.5 Å². The van der Waals surface area contributed by atoms with Crippen LogP contribution in [-0.4, -0.2) is 37.7 Å². The summed E-state index contributed by atoms with van der Waals surface area (Å²) in [5.41, 5.74) is 2.31. The van der Waals surface area contributed by atoms with Crippen molar-refractivity contribution in [2.75, 3.05) is 26.7 Å². The minimum Gasteiger partial charge on any atom is -0.375 e. The molecule has 0 bridgehead atoms. The zero-order chi connectivity index (χ0) is 17.0. The molecule has 0 saturated heterocycles. The number of aliphatic imine (C=N–C) groups is 1. The van der Waals surface area contributed by atoms with Crippen LogP contribution in [0, 0.1) is 0 Å². The Labute approximate surface area is 171 Å². The number of ether oxygens (including phenoxy) is 1. The molecule has 7 heteroatoms. The van der Waals surface area contributed by atoms with E-state index >= 15 is 0 Å². The molecule has 1 aromatic carbocycles. The zero-order valence-electron chi connectivity index (χ0n) is 14.2. The van der Waals surface area contributed by atoms with Gasteiger partial charge in [0, 0.05) is 26.3 Å². The van der Waals surface area contributed by atoms with Crippen molar-refractivity contribution in [3.8, 4) is 0 Å². The Bertz CT molecular complexity index is 623. The fraction of sp³-hybridized carbons (Fsp3) is 0.333. The van der Waals surface area contributed by atoms with Crippen LogP contribution < -0.4 is 10.6 Å². The molecule has 0 unspecified atom stereocenters. The molecule has 2 rings (SSSR count). The second kappa shape index (κ2) is 12.9. The van der Waals surface area contributed by atoms with Crippen LogP contribution in [0.5, 0.6) is 0 Å². The van der Waals surface area contributed by atoms with Crippen LogP contribution in [0.15, 0.2) is 53.7 Å². The lowest BCUT2D eigenvalue weighted by Gasteiger charge is -2.12. The number of hydrogen-bond donors (Lipinski definition) is 2. The van der Waals surface area contributed by atoms with E-state index in [4.69, 9.17) is 16.3 Å². The van der Waals surface area contributed by atoms with Crippen LogP contribution in [0.2, 0.25) is 5.15 Å². The Hall–Kier alpha value is -1.38. The fourth-order valence-corrected chi connectivity index (χ4v) is 2.22. The normalized spacial score (nSPS) is 10.9. The maximum absolute atomic E-state index is 5.77. The first kappa shape index (κ1) is 21.7. The molecule has 0 aliphatic carbocycles. The number of guanidine groups is 1. The Morgan fingerprint density at radius 3 is 2.52 bits per heavy atom. The van der Waals surface area contributed by atoms with Gasteiger partial charge in [-0.2, -0.15) is 0 Å². The first-order valence-electron chi connectivity index (χ1n) is 7.94. The highest BCUT2D eigenvalue weighted by Gasteiger charge is 1.99. The minimum absolute atomic E-state index is 0. The number of nitrogens with zero attached hydrogens (tertiary/aromatic N) is 2. The lowest BCUT2D eigenvalue weighted by Crippen LogP contribution is -2.39. The maximum Gasteiger partial charge on any atom is 0.191 e. The lowest BCUT2D eigenvalue weighted by atomic mass is 10.2. The van der Waals surface area contributed by atoms with Gasteiger partial charge in [-0.3, -0.25) is 4.99 Å². The van der Waals surface area contributed by atoms with E-state index in [9.17, 15) is 0 Å². The molecule has 0 saturated carbocycles. The van der Waals surface area contributed by atoms with E-state index in [2.05, 4.69) is 32.7 Å². The number of pyridine rings is 1. The van der Waals surface area contributed by atoms with Crippen molar-refractivity contribution in [1.29, 1.82) is 0 Å². The lowest BCUT2D eigenvalue weighted by molar-refractivity contribution is 0.125. The van der Waals surface area contributed by atoms with E-state index in [1.807, 2.05) is 24.3 Å². The Morgan fingerprint density at radius 2 is 1.84 bits per heavy atom. The van der Waals surface area contributed by atoms with Crippen LogP contribution in [0.3, 0.4) is 0 Å². The molecular weight excluding hydrogens is 451 g/mol. The second-order valence-corrected chi connectivity index (χ2v) is 5.59. The highest BCUT2D eigenvalue weighted by atomic mass is 127. The summed E-state index contributed by atoms with van der Waals surface area (Å²) in [6.07, 6.45) is 2.65. The highest BCUT2D eigenvalue weighted by Crippen LogP contribution is 2.05. The van der Waals surface area contributed by atoms with Crippen LogP contribution in [0.1, 0.15) is 11.1 Å². The van der Waals surface area contributed by atoms with Crippen LogP contribution in [-0.2, 0) is 17.8 Å². The summed E-state index contributed by atoms with van der Waals surface area (Å²) in [5.74, 6) is 0.764. The Morgan fingerprint density at radius 1 is 1.08 bits per heavy atom. The summed E-state index contributed by atoms with van der Waals surface area (Å²) < 4.78 is 5.63. The van der Waals surface area contributed by atoms with Gasteiger partial charge in [-0.15, -0.1) is 24.0 Å². The summed E-state index contributed by atoms with van der Waals surface area (Å²) in [6, 6.07) is 13.9. The molecule has 0 aliphatic rings. The molecule has 136 valence electrons. The number of hydrogen-bond acceptors (Lipinski definition) is 3. The molecule has 2 aromatic rings.